The normalized spacial score (nSPS) is 10.2. The van der Waals surface area contributed by atoms with Gasteiger partial charge in [0.25, 0.3) is 0 Å². The number of rotatable bonds is 3. The highest BCUT2D eigenvalue weighted by Crippen LogP contribution is 2.23. The Morgan fingerprint density at radius 2 is 2.08 bits per heavy atom. The van der Waals surface area contributed by atoms with Gasteiger partial charge in [0.2, 0.25) is 0 Å². The van der Waals surface area contributed by atoms with Crippen molar-refractivity contribution in [1.29, 1.82) is 0 Å². The highest BCUT2D eigenvalue weighted by Gasteiger charge is 2.06. The molecule has 0 heterocycles. The van der Waals surface area contributed by atoms with Crippen LogP contribution in [0, 0.1) is 6.92 Å². The molecule has 0 aliphatic rings. The largest absolute Gasteiger partial charge is 0.374 e. The van der Waals surface area contributed by atoms with Gasteiger partial charge in [-0.2, -0.15) is 0 Å². The predicted molar refractivity (Wildman–Crippen MR) is 58.0 cm³/mol. The minimum atomic E-state index is 0.612. The third kappa shape index (κ3) is 2.01. The predicted octanol–water partition coefficient (Wildman–Crippen LogP) is 1.91. The average Bonchev–Trinajstić information content (AvgIpc) is 2.16. The molecule has 2 N–H and O–H groups in total. The van der Waals surface area contributed by atoms with Crippen LogP contribution in [0.2, 0.25) is 0 Å². The second kappa shape index (κ2) is 4.28. The molecular weight excluding hydrogens is 160 g/mol. The molecule has 1 aromatic rings. The van der Waals surface area contributed by atoms with E-state index < -0.39 is 0 Å². The van der Waals surface area contributed by atoms with Crippen molar-refractivity contribution < 1.29 is 0 Å². The van der Waals surface area contributed by atoms with E-state index in [9.17, 15) is 0 Å². The van der Waals surface area contributed by atoms with Gasteiger partial charge in [-0.15, -0.1) is 0 Å². The Morgan fingerprint density at radius 1 is 1.38 bits per heavy atom. The molecule has 1 aromatic carbocycles. The van der Waals surface area contributed by atoms with Crippen LogP contribution in [0.25, 0.3) is 0 Å². The first kappa shape index (κ1) is 10.1. The van der Waals surface area contributed by atoms with Gasteiger partial charge in [0.15, 0.2) is 0 Å². The van der Waals surface area contributed by atoms with Crippen molar-refractivity contribution in [3.8, 4) is 0 Å². The molecule has 0 bridgehead atoms. The average molecular weight is 178 g/mol. The molecule has 0 aliphatic carbocycles. The van der Waals surface area contributed by atoms with Gasteiger partial charge in [0.1, 0.15) is 0 Å². The first-order valence-corrected chi connectivity index (χ1v) is 4.70. The molecule has 0 saturated carbocycles. The molecule has 0 unspecified atom stereocenters. The van der Waals surface area contributed by atoms with E-state index in [4.69, 9.17) is 5.73 Å². The fourth-order valence-electron chi connectivity index (χ4n) is 1.59. The number of para-hydroxylation sites is 1. The van der Waals surface area contributed by atoms with E-state index >= 15 is 0 Å². The van der Waals surface area contributed by atoms with E-state index in [-0.39, 0.29) is 0 Å². The second-order valence-electron chi connectivity index (χ2n) is 3.30. The van der Waals surface area contributed by atoms with E-state index in [2.05, 4.69) is 44.0 Å². The molecule has 2 nitrogen and oxygen atoms in total. The maximum Gasteiger partial charge on any atom is 0.0438 e. The van der Waals surface area contributed by atoms with Gasteiger partial charge in [-0.1, -0.05) is 18.2 Å². The van der Waals surface area contributed by atoms with Gasteiger partial charge in [-0.3, -0.25) is 0 Å². The topological polar surface area (TPSA) is 29.3 Å². The summed E-state index contributed by atoms with van der Waals surface area (Å²) in [6, 6.07) is 6.28. The van der Waals surface area contributed by atoms with E-state index in [1.807, 2.05) is 0 Å². The van der Waals surface area contributed by atoms with E-state index in [0.29, 0.717) is 6.54 Å². The van der Waals surface area contributed by atoms with Crippen LogP contribution in [-0.4, -0.2) is 13.6 Å². The summed E-state index contributed by atoms with van der Waals surface area (Å²) in [5, 5.41) is 0. The van der Waals surface area contributed by atoms with E-state index in [0.717, 1.165) is 6.54 Å². The van der Waals surface area contributed by atoms with Gasteiger partial charge in [0.05, 0.1) is 0 Å². The third-order valence-electron chi connectivity index (χ3n) is 2.40. The highest BCUT2D eigenvalue weighted by molar-refractivity contribution is 5.58. The SMILES string of the molecule is CCN(C)c1c(C)cccc1CN. The molecule has 13 heavy (non-hydrogen) atoms. The van der Waals surface area contributed by atoms with Crippen LogP contribution in [0.4, 0.5) is 5.69 Å². The molecule has 0 spiro atoms. The summed E-state index contributed by atoms with van der Waals surface area (Å²) in [6.45, 7) is 5.90. The standard InChI is InChI=1S/C11H18N2/c1-4-13(3)11-9(2)6-5-7-10(11)8-12/h5-7H,4,8,12H2,1-3H3. The Kier molecular flexibility index (Phi) is 3.32. The van der Waals surface area contributed by atoms with E-state index in [1.165, 1.54) is 16.8 Å². The molecule has 0 atom stereocenters. The van der Waals surface area contributed by atoms with Crippen molar-refractivity contribution >= 4 is 5.69 Å². The summed E-state index contributed by atoms with van der Waals surface area (Å²) in [5.41, 5.74) is 9.49. The van der Waals surface area contributed by atoms with Crippen molar-refractivity contribution in [2.75, 3.05) is 18.5 Å². The smallest absolute Gasteiger partial charge is 0.0438 e. The van der Waals surface area contributed by atoms with Crippen molar-refractivity contribution in [1.82, 2.24) is 0 Å². The fraction of sp³-hybridized carbons (Fsp3) is 0.455. The van der Waals surface area contributed by atoms with Gasteiger partial charge in [-0.05, 0) is 25.0 Å². The summed E-state index contributed by atoms with van der Waals surface area (Å²) in [5.74, 6) is 0. The highest BCUT2D eigenvalue weighted by atomic mass is 15.1. The minimum Gasteiger partial charge on any atom is -0.374 e. The fourth-order valence-corrected chi connectivity index (χ4v) is 1.59. The Labute approximate surface area is 80.4 Å². The molecule has 72 valence electrons. The van der Waals surface area contributed by atoms with Gasteiger partial charge >= 0.3 is 0 Å². The molecule has 0 saturated heterocycles. The summed E-state index contributed by atoms with van der Waals surface area (Å²) in [7, 11) is 2.10. The lowest BCUT2D eigenvalue weighted by Crippen LogP contribution is -2.19. The zero-order chi connectivity index (χ0) is 9.84. The number of nitrogens with two attached hydrogens (primary N) is 1. The monoisotopic (exact) mass is 178 g/mol. The van der Waals surface area contributed by atoms with Crippen LogP contribution in [0.15, 0.2) is 18.2 Å². The zero-order valence-electron chi connectivity index (χ0n) is 8.67. The molecular formula is C11H18N2. The number of benzene rings is 1. The molecule has 0 radical (unpaired) electrons. The summed E-state index contributed by atoms with van der Waals surface area (Å²) < 4.78 is 0. The minimum absolute atomic E-state index is 0.612. The maximum atomic E-state index is 5.69. The number of nitrogens with zero attached hydrogens (tertiary/aromatic N) is 1. The van der Waals surface area contributed by atoms with Gasteiger partial charge < -0.3 is 10.6 Å². The Balaban J connectivity index is 3.14. The van der Waals surface area contributed by atoms with Crippen LogP contribution in [-0.2, 0) is 6.54 Å². The number of hydrogen-bond acceptors (Lipinski definition) is 2. The first-order valence-electron chi connectivity index (χ1n) is 4.70. The van der Waals surface area contributed by atoms with Crippen molar-refractivity contribution in [3.05, 3.63) is 29.3 Å². The molecule has 0 fully saturated rings. The van der Waals surface area contributed by atoms with Crippen LogP contribution in [0.5, 0.6) is 0 Å². The Morgan fingerprint density at radius 3 is 2.62 bits per heavy atom. The first-order chi connectivity index (χ1) is 6.20. The maximum absolute atomic E-state index is 5.69. The lowest BCUT2D eigenvalue weighted by Gasteiger charge is -2.22. The van der Waals surface area contributed by atoms with Crippen LogP contribution < -0.4 is 10.6 Å². The Hall–Kier alpha value is -1.02. The number of aryl methyl sites for hydroxylation is 1. The van der Waals surface area contributed by atoms with Gasteiger partial charge in [0, 0.05) is 25.8 Å². The quantitative estimate of drug-likeness (QED) is 0.766. The molecule has 0 aliphatic heterocycles. The number of hydrogen-bond donors (Lipinski definition) is 1. The Bertz CT molecular complexity index is 281. The summed E-state index contributed by atoms with van der Waals surface area (Å²) in [4.78, 5) is 2.23. The van der Waals surface area contributed by atoms with Crippen molar-refractivity contribution in [3.63, 3.8) is 0 Å². The van der Waals surface area contributed by atoms with Gasteiger partial charge in [-0.25, -0.2) is 0 Å². The number of anilines is 1. The lowest BCUT2D eigenvalue weighted by atomic mass is 10.1. The molecule has 1 rings (SSSR count). The third-order valence-corrected chi connectivity index (χ3v) is 2.40. The summed E-state index contributed by atoms with van der Waals surface area (Å²) >= 11 is 0. The molecule has 0 amide bonds. The van der Waals surface area contributed by atoms with Crippen LogP contribution >= 0.6 is 0 Å². The van der Waals surface area contributed by atoms with Crippen molar-refractivity contribution in [2.45, 2.75) is 20.4 Å². The molecule has 0 aromatic heterocycles. The summed E-state index contributed by atoms with van der Waals surface area (Å²) in [6.07, 6.45) is 0. The lowest BCUT2D eigenvalue weighted by molar-refractivity contribution is 0.933. The zero-order valence-corrected chi connectivity index (χ0v) is 8.67. The van der Waals surface area contributed by atoms with Crippen LogP contribution in [0.1, 0.15) is 18.1 Å². The van der Waals surface area contributed by atoms with Crippen molar-refractivity contribution in [2.24, 2.45) is 5.73 Å². The second-order valence-corrected chi connectivity index (χ2v) is 3.30. The molecule has 2 heteroatoms. The van der Waals surface area contributed by atoms with Crippen LogP contribution in [0.3, 0.4) is 0 Å². The van der Waals surface area contributed by atoms with E-state index in [1.54, 1.807) is 0 Å².